The van der Waals surface area contributed by atoms with Gasteiger partial charge in [-0.1, -0.05) is 30.7 Å². The number of amides is 1. The molecule has 0 aromatic rings. The van der Waals surface area contributed by atoms with E-state index in [-0.39, 0.29) is 47.9 Å². The van der Waals surface area contributed by atoms with Crippen LogP contribution in [0.3, 0.4) is 0 Å². The Hall–Kier alpha value is -2.04. The highest BCUT2D eigenvalue weighted by atomic mass is 16.7. The number of ether oxygens (including phenoxy) is 4. The van der Waals surface area contributed by atoms with Gasteiger partial charge in [-0.25, -0.2) is 0 Å². The summed E-state index contributed by atoms with van der Waals surface area (Å²) in [6.45, 7) is 9.94. The van der Waals surface area contributed by atoms with Crippen molar-refractivity contribution in [3.8, 4) is 0 Å². The molecule has 3 fully saturated rings. The monoisotopic (exact) mass is 506 g/mol. The van der Waals surface area contributed by atoms with Crippen molar-refractivity contribution in [1.82, 2.24) is 10.6 Å². The molecule has 0 bridgehead atoms. The minimum absolute atomic E-state index is 0.0457. The lowest BCUT2D eigenvalue weighted by molar-refractivity contribution is -0.208. The van der Waals surface area contributed by atoms with Crippen LogP contribution >= 0.6 is 0 Å². The zero-order chi connectivity index (χ0) is 26.5. The number of carbonyl (C=O) groups is 2. The maximum atomic E-state index is 12.3. The molecule has 3 N–H and O–H groups in total. The van der Waals surface area contributed by atoms with Gasteiger partial charge >= 0.3 is 5.97 Å². The van der Waals surface area contributed by atoms with Crippen LogP contribution in [0.25, 0.3) is 0 Å². The van der Waals surface area contributed by atoms with Crippen LogP contribution in [0.2, 0.25) is 0 Å². The maximum absolute atomic E-state index is 12.3. The van der Waals surface area contributed by atoms with Crippen molar-refractivity contribution in [2.45, 2.75) is 102 Å². The van der Waals surface area contributed by atoms with Gasteiger partial charge < -0.3 is 34.7 Å². The fourth-order valence-corrected chi connectivity index (χ4v) is 4.87. The van der Waals surface area contributed by atoms with E-state index in [1.165, 1.54) is 13.0 Å². The van der Waals surface area contributed by atoms with Crippen LogP contribution in [0.5, 0.6) is 0 Å². The summed E-state index contributed by atoms with van der Waals surface area (Å²) < 4.78 is 22.5. The number of rotatable bonds is 9. The molecule has 9 nitrogen and oxygen atoms in total. The van der Waals surface area contributed by atoms with Gasteiger partial charge in [-0.15, -0.1) is 0 Å². The molecule has 1 spiro atoms. The van der Waals surface area contributed by atoms with E-state index in [9.17, 15) is 14.7 Å². The molecule has 0 radical (unpaired) electrons. The minimum atomic E-state index is -0.609. The first-order valence-corrected chi connectivity index (χ1v) is 12.8. The number of esters is 1. The Kier molecular flexibility index (Phi) is 9.88. The van der Waals surface area contributed by atoms with E-state index in [0.717, 1.165) is 25.0 Å². The topological polar surface area (TPSA) is 125 Å². The molecule has 0 unspecified atom stereocenters. The van der Waals surface area contributed by atoms with Crippen LogP contribution in [0.4, 0.5) is 0 Å². The molecule has 3 rings (SSSR count). The van der Waals surface area contributed by atoms with Crippen molar-refractivity contribution in [2.75, 3.05) is 13.7 Å². The summed E-state index contributed by atoms with van der Waals surface area (Å²) in [7, 11) is 1.62. The summed E-state index contributed by atoms with van der Waals surface area (Å²) in [5.41, 5.74) is 0.768. The van der Waals surface area contributed by atoms with E-state index in [0.29, 0.717) is 6.42 Å². The highest BCUT2D eigenvalue weighted by Crippen LogP contribution is 2.37. The molecule has 36 heavy (non-hydrogen) atoms. The third-order valence-corrected chi connectivity index (χ3v) is 7.25. The van der Waals surface area contributed by atoms with E-state index in [2.05, 4.69) is 23.6 Å². The molecule has 202 valence electrons. The van der Waals surface area contributed by atoms with Crippen LogP contribution in [0.1, 0.15) is 53.9 Å². The van der Waals surface area contributed by atoms with Gasteiger partial charge in [0.25, 0.3) is 0 Å². The quantitative estimate of drug-likeness (QED) is 0.188. The zero-order valence-electron chi connectivity index (χ0n) is 22.2. The predicted molar refractivity (Wildman–Crippen MR) is 135 cm³/mol. The van der Waals surface area contributed by atoms with Crippen molar-refractivity contribution in [2.24, 2.45) is 5.92 Å². The van der Waals surface area contributed by atoms with Crippen molar-refractivity contribution in [3.05, 3.63) is 36.0 Å². The van der Waals surface area contributed by atoms with Crippen molar-refractivity contribution < 1.29 is 33.6 Å². The Morgan fingerprint density at radius 2 is 1.97 bits per heavy atom. The molecule has 9 heteroatoms. The number of hydrogen-bond donors (Lipinski definition) is 3. The molecule has 3 aliphatic heterocycles. The molecule has 0 saturated carbocycles. The summed E-state index contributed by atoms with van der Waals surface area (Å²) in [6, 6.07) is -0.0931. The Morgan fingerprint density at radius 3 is 2.61 bits per heavy atom. The Balaban J connectivity index is 1.48. The first-order chi connectivity index (χ1) is 17.0. The number of aliphatic hydroxyl groups excluding tert-OH is 1. The van der Waals surface area contributed by atoms with Crippen molar-refractivity contribution in [1.29, 1.82) is 0 Å². The molecule has 0 aliphatic carbocycles. The van der Waals surface area contributed by atoms with E-state index < -0.39 is 18.3 Å². The molecule has 1 amide bonds. The third-order valence-electron chi connectivity index (χ3n) is 7.25. The van der Waals surface area contributed by atoms with Gasteiger partial charge in [-0.3, -0.25) is 9.59 Å². The second-order valence-corrected chi connectivity index (χ2v) is 10.3. The lowest BCUT2D eigenvalue weighted by Gasteiger charge is -2.39. The van der Waals surface area contributed by atoms with E-state index in [1.807, 2.05) is 26.0 Å². The van der Waals surface area contributed by atoms with Gasteiger partial charge in [0.05, 0.1) is 23.8 Å². The first-order valence-electron chi connectivity index (χ1n) is 12.8. The molecule has 0 aromatic carbocycles. The second kappa shape index (κ2) is 12.5. The third kappa shape index (κ3) is 7.73. The smallest absolute Gasteiger partial charge is 0.303 e. The van der Waals surface area contributed by atoms with Crippen LogP contribution in [-0.2, 0) is 28.5 Å². The Bertz CT molecular complexity index is 866. The SMILES string of the molecule is CO[C@@H]1C[C@@]2(CN2)[C@H](O)[C@@H](/C=C/C(C)=C/C[C@@H]2O[C@H](C)[C@H](NC(=O)/C=C\[C@H](C)OC(C)=O)C[C@@H]2C)O1. The van der Waals surface area contributed by atoms with Gasteiger partial charge in [-0.2, -0.15) is 0 Å². The highest BCUT2D eigenvalue weighted by molar-refractivity contribution is 5.87. The molecule has 3 heterocycles. The fraction of sp³-hybridized carbons (Fsp3) is 0.704. The molecule has 9 atom stereocenters. The number of carbonyl (C=O) groups excluding carboxylic acids is 2. The maximum Gasteiger partial charge on any atom is 0.303 e. The number of methoxy groups -OCH3 is 1. The first kappa shape index (κ1) is 28.5. The van der Waals surface area contributed by atoms with Crippen molar-refractivity contribution in [3.63, 3.8) is 0 Å². The lowest BCUT2D eigenvalue weighted by atomic mass is 9.88. The van der Waals surface area contributed by atoms with E-state index in [4.69, 9.17) is 18.9 Å². The van der Waals surface area contributed by atoms with Crippen molar-refractivity contribution >= 4 is 11.9 Å². The summed E-state index contributed by atoms with van der Waals surface area (Å²) in [6.07, 6.45) is 9.27. The standard InChI is InChI=1S/C27H42N2O7/c1-16(8-11-23-26(32)27(15-28-27)14-25(33-6)36-23)7-10-22-17(2)13-21(19(4)35-22)29-24(31)12-9-18(3)34-20(5)30/h7-9,11-12,17-19,21-23,25-26,28,32H,10,13-15H2,1-6H3,(H,29,31)/b11-8+,12-9-,16-7+/t17-,18-,19+,21+,22-,23+,25-,26+,27+/m0/s1. The van der Waals surface area contributed by atoms with Gasteiger partial charge in [0.1, 0.15) is 18.3 Å². The molecule has 0 aromatic heterocycles. The number of hydrogen-bond acceptors (Lipinski definition) is 8. The Morgan fingerprint density at radius 1 is 1.25 bits per heavy atom. The van der Waals surface area contributed by atoms with E-state index in [1.54, 1.807) is 20.1 Å². The summed E-state index contributed by atoms with van der Waals surface area (Å²) in [4.78, 5) is 23.3. The van der Waals surface area contributed by atoms with Gasteiger partial charge in [0.2, 0.25) is 5.91 Å². The number of allylic oxidation sites excluding steroid dienone is 2. The van der Waals surface area contributed by atoms with Crippen LogP contribution in [-0.4, -0.2) is 79.0 Å². The predicted octanol–water partition coefficient (Wildman–Crippen LogP) is 2.15. The van der Waals surface area contributed by atoms with Crippen LogP contribution < -0.4 is 10.6 Å². The van der Waals surface area contributed by atoms with Gasteiger partial charge in [0.15, 0.2) is 6.29 Å². The molecular weight excluding hydrogens is 464 g/mol. The molecular formula is C27H42N2O7. The minimum Gasteiger partial charge on any atom is -0.459 e. The zero-order valence-corrected chi connectivity index (χ0v) is 22.2. The average molecular weight is 507 g/mol. The summed E-state index contributed by atoms with van der Waals surface area (Å²) >= 11 is 0. The second-order valence-electron chi connectivity index (χ2n) is 10.3. The van der Waals surface area contributed by atoms with Crippen LogP contribution in [0.15, 0.2) is 36.0 Å². The lowest BCUT2D eigenvalue weighted by Crippen LogP contribution is -2.51. The van der Waals surface area contributed by atoms with Gasteiger partial charge in [-0.05, 0) is 45.6 Å². The van der Waals surface area contributed by atoms with Gasteiger partial charge in [0, 0.05) is 33.1 Å². The van der Waals surface area contributed by atoms with E-state index >= 15 is 0 Å². The normalized spacial score (nSPS) is 37.9. The number of aliphatic hydroxyl groups is 1. The average Bonchev–Trinajstić information content (AvgIpc) is 3.59. The number of nitrogens with one attached hydrogen (secondary N) is 2. The van der Waals surface area contributed by atoms with Crippen LogP contribution in [0, 0.1) is 5.92 Å². The summed E-state index contributed by atoms with van der Waals surface area (Å²) in [5, 5.41) is 17.0. The fourth-order valence-electron chi connectivity index (χ4n) is 4.87. The molecule has 3 saturated heterocycles. The molecule has 3 aliphatic rings. The largest absolute Gasteiger partial charge is 0.459 e. The Labute approximate surface area is 214 Å². The highest BCUT2D eigenvalue weighted by Gasteiger charge is 2.56. The summed E-state index contributed by atoms with van der Waals surface area (Å²) in [5.74, 6) is -0.354.